The number of halogens is 3. The second kappa shape index (κ2) is 4.31. The predicted molar refractivity (Wildman–Crippen MR) is 72.7 cm³/mol. The Morgan fingerprint density at radius 3 is 2.47 bits per heavy atom. The van der Waals surface area contributed by atoms with E-state index in [1.54, 1.807) is 16.7 Å². The fourth-order valence-electron chi connectivity index (χ4n) is 1.94. The Labute approximate surface area is 115 Å². The van der Waals surface area contributed by atoms with E-state index in [1.807, 2.05) is 6.07 Å². The van der Waals surface area contributed by atoms with Gasteiger partial charge in [0, 0.05) is 22.3 Å². The molecule has 0 aliphatic carbocycles. The summed E-state index contributed by atoms with van der Waals surface area (Å²) in [5.41, 5.74) is 7.26. The molecular weight excluding hydrogens is 316 g/mol. The molecule has 0 spiro atoms. The van der Waals surface area contributed by atoms with Crippen molar-refractivity contribution in [2.24, 2.45) is 0 Å². The van der Waals surface area contributed by atoms with Crippen molar-refractivity contribution in [1.29, 1.82) is 0 Å². The third kappa shape index (κ3) is 2.08. The Bertz CT molecular complexity index is 763. The molecule has 19 heavy (non-hydrogen) atoms. The number of hydrogen-bond donors (Lipinski definition) is 1. The zero-order valence-corrected chi connectivity index (χ0v) is 11.2. The number of nitrogens with zero attached hydrogens (tertiary/aromatic N) is 2. The fraction of sp³-hybridized carbons (Fsp3) is 0. The number of anilines is 1. The van der Waals surface area contributed by atoms with E-state index < -0.39 is 11.6 Å². The zero-order chi connectivity index (χ0) is 13.6. The van der Waals surface area contributed by atoms with Gasteiger partial charge in [-0.25, -0.2) is 13.8 Å². The Balaban J connectivity index is 2.27. The first-order valence-electron chi connectivity index (χ1n) is 5.44. The Hall–Kier alpha value is -1.95. The topological polar surface area (TPSA) is 43.3 Å². The van der Waals surface area contributed by atoms with Gasteiger partial charge in [-0.15, -0.1) is 0 Å². The molecule has 3 nitrogen and oxygen atoms in total. The lowest BCUT2D eigenvalue weighted by Crippen LogP contribution is -1.94. The van der Waals surface area contributed by atoms with Crippen LogP contribution in [0.25, 0.3) is 16.9 Å². The van der Waals surface area contributed by atoms with Crippen LogP contribution in [0.4, 0.5) is 14.6 Å². The van der Waals surface area contributed by atoms with Gasteiger partial charge in [0.2, 0.25) is 0 Å². The minimum Gasteiger partial charge on any atom is -0.383 e. The van der Waals surface area contributed by atoms with E-state index in [-0.39, 0.29) is 0 Å². The Kier molecular flexibility index (Phi) is 2.74. The van der Waals surface area contributed by atoms with Crippen LogP contribution >= 0.6 is 15.9 Å². The molecule has 0 radical (unpaired) electrons. The van der Waals surface area contributed by atoms with Gasteiger partial charge in [0.15, 0.2) is 0 Å². The second-order valence-corrected chi connectivity index (χ2v) is 4.99. The largest absolute Gasteiger partial charge is 0.383 e. The van der Waals surface area contributed by atoms with Crippen LogP contribution in [-0.4, -0.2) is 9.38 Å². The number of aromatic nitrogens is 2. The molecule has 0 unspecified atom stereocenters. The van der Waals surface area contributed by atoms with Crippen molar-refractivity contribution in [1.82, 2.24) is 9.38 Å². The zero-order valence-electron chi connectivity index (χ0n) is 9.57. The van der Waals surface area contributed by atoms with Crippen molar-refractivity contribution in [3.63, 3.8) is 0 Å². The van der Waals surface area contributed by atoms with Crippen LogP contribution in [-0.2, 0) is 0 Å². The number of pyridine rings is 1. The van der Waals surface area contributed by atoms with Gasteiger partial charge in [-0.1, -0.05) is 0 Å². The van der Waals surface area contributed by atoms with Crippen molar-refractivity contribution in [2.75, 3.05) is 5.73 Å². The number of fused-ring (bicyclic) bond motifs is 1. The molecule has 0 amide bonds. The van der Waals surface area contributed by atoms with Gasteiger partial charge in [-0.05, 0) is 40.2 Å². The fourth-order valence-corrected chi connectivity index (χ4v) is 2.28. The number of rotatable bonds is 1. The first kappa shape index (κ1) is 12.1. The number of benzene rings is 1. The summed E-state index contributed by atoms with van der Waals surface area (Å²) in [5.74, 6) is -0.985. The number of hydrogen-bond acceptors (Lipinski definition) is 2. The van der Waals surface area contributed by atoms with Crippen molar-refractivity contribution in [3.05, 3.63) is 52.6 Å². The summed E-state index contributed by atoms with van der Waals surface area (Å²) in [6, 6.07) is 6.80. The highest BCUT2D eigenvalue weighted by Crippen LogP contribution is 2.28. The van der Waals surface area contributed by atoms with Crippen LogP contribution in [0.2, 0.25) is 0 Å². The Morgan fingerprint density at radius 1 is 1.11 bits per heavy atom. The minimum absolute atomic E-state index is 0.315. The van der Waals surface area contributed by atoms with E-state index in [0.717, 1.165) is 10.5 Å². The molecule has 2 N–H and O–H groups in total. The van der Waals surface area contributed by atoms with Crippen molar-refractivity contribution in [3.8, 4) is 11.3 Å². The van der Waals surface area contributed by atoms with Gasteiger partial charge < -0.3 is 5.73 Å². The average Bonchev–Trinajstić information content (AvgIpc) is 2.66. The maximum absolute atomic E-state index is 13.2. The summed E-state index contributed by atoms with van der Waals surface area (Å²) in [6.45, 7) is 0. The van der Waals surface area contributed by atoms with Crippen LogP contribution < -0.4 is 5.73 Å². The van der Waals surface area contributed by atoms with Gasteiger partial charge in [-0.2, -0.15) is 0 Å². The third-order valence-corrected chi connectivity index (χ3v) is 3.22. The Morgan fingerprint density at radius 2 is 1.79 bits per heavy atom. The molecule has 0 saturated heterocycles. The van der Waals surface area contributed by atoms with E-state index in [0.29, 0.717) is 22.7 Å². The summed E-state index contributed by atoms with van der Waals surface area (Å²) in [4.78, 5) is 4.29. The lowest BCUT2D eigenvalue weighted by molar-refractivity contribution is 0.584. The summed E-state index contributed by atoms with van der Waals surface area (Å²) >= 11 is 3.33. The van der Waals surface area contributed by atoms with Gasteiger partial charge in [-0.3, -0.25) is 4.40 Å². The molecule has 2 aromatic heterocycles. The molecule has 0 bridgehead atoms. The molecule has 6 heteroatoms. The van der Waals surface area contributed by atoms with Gasteiger partial charge in [0.1, 0.15) is 28.8 Å². The highest BCUT2D eigenvalue weighted by molar-refractivity contribution is 9.10. The van der Waals surface area contributed by atoms with Crippen LogP contribution in [0.5, 0.6) is 0 Å². The maximum Gasteiger partial charge on any atom is 0.139 e. The molecule has 3 aromatic rings. The van der Waals surface area contributed by atoms with Crippen molar-refractivity contribution < 1.29 is 8.78 Å². The molecule has 0 saturated carbocycles. The normalized spacial score (nSPS) is 11.1. The SMILES string of the molecule is Nc1c(-c2cc(F)cc(F)c2)nc2ccc(Br)cn12. The van der Waals surface area contributed by atoms with Crippen molar-refractivity contribution in [2.45, 2.75) is 0 Å². The summed E-state index contributed by atoms with van der Waals surface area (Å²) in [5, 5.41) is 0. The van der Waals surface area contributed by atoms with E-state index in [4.69, 9.17) is 5.73 Å². The first-order chi connectivity index (χ1) is 9.04. The molecule has 0 fully saturated rings. The van der Waals surface area contributed by atoms with Crippen LogP contribution in [0, 0.1) is 11.6 Å². The minimum atomic E-state index is -0.660. The average molecular weight is 324 g/mol. The highest BCUT2D eigenvalue weighted by atomic mass is 79.9. The monoisotopic (exact) mass is 323 g/mol. The smallest absolute Gasteiger partial charge is 0.139 e. The van der Waals surface area contributed by atoms with E-state index >= 15 is 0 Å². The number of nitrogen functional groups attached to an aromatic ring is 1. The lowest BCUT2D eigenvalue weighted by atomic mass is 10.1. The van der Waals surface area contributed by atoms with Crippen LogP contribution in [0.3, 0.4) is 0 Å². The molecule has 3 rings (SSSR count). The van der Waals surface area contributed by atoms with Gasteiger partial charge in [0.25, 0.3) is 0 Å². The molecular formula is C13H8BrF2N3. The maximum atomic E-state index is 13.2. The summed E-state index contributed by atoms with van der Waals surface area (Å²) < 4.78 is 29.0. The molecule has 1 aromatic carbocycles. The standard InChI is InChI=1S/C13H8BrF2N3/c14-8-1-2-11-18-12(13(17)19(11)6-8)7-3-9(15)5-10(16)4-7/h1-6H,17H2. The molecule has 96 valence electrons. The molecule has 0 aliphatic rings. The van der Waals surface area contributed by atoms with Gasteiger partial charge >= 0.3 is 0 Å². The third-order valence-electron chi connectivity index (χ3n) is 2.76. The molecule has 0 aliphatic heterocycles. The molecule has 0 atom stereocenters. The lowest BCUT2D eigenvalue weighted by Gasteiger charge is -2.00. The molecule has 2 heterocycles. The van der Waals surface area contributed by atoms with Crippen LogP contribution in [0.15, 0.2) is 41.0 Å². The van der Waals surface area contributed by atoms with Crippen molar-refractivity contribution >= 4 is 27.4 Å². The quantitative estimate of drug-likeness (QED) is 0.743. The summed E-state index contributed by atoms with van der Waals surface area (Å²) in [7, 11) is 0. The second-order valence-electron chi connectivity index (χ2n) is 4.08. The summed E-state index contributed by atoms with van der Waals surface area (Å²) in [6.07, 6.45) is 1.75. The predicted octanol–water partition coefficient (Wildman–Crippen LogP) is 3.62. The van der Waals surface area contributed by atoms with Crippen LogP contribution in [0.1, 0.15) is 0 Å². The van der Waals surface area contributed by atoms with E-state index in [2.05, 4.69) is 20.9 Å². The number of imidazole rings is 1. The highest BCUT2D eigenvalue weighted by Gasteiger charge is 2.13. The van der Waals surface area contributed by atoms with E-state index in [1.165, 1.54) is 12.1 Å². The van der Waals surface area contributed by atoms with E-state index in [9.17, 15) is 8.78 Å². The van der Waals surface area contributed by atoms with Gasteiger partial charge in [0.05, 0.1) is 0 Å². The number of nitrogens with two attached hydrogens (primary N) is 1. The first-order valence-corrected chi connectivity index (χ1v) is 6.23.